The van der Waals surface area contributed by atoms with Gasteiger partial charge in [0.1, 0.15) is 0 Å². The van der Waals surface area contributed by atoms with Gasteiger partial charge in [-0.3, -0.25) is 4.79 Å². The van der Waals surface area contributed by atoms with Crippen molar-refractivity contribution in [2.75, 3.05) is 13.1 Å². The lowest BCUT2D eigenvalue weighted by molar-refractivity contribution is 0.0751. The van der Waals surface area contributed by atoms with Gasteiger partial charge in [-0.2, -0.15) is 0 Å². The Morgan fingerprint density at radius 3 is 2.31 bits per heavy atom. The van der Waals surface area contributed by atoms with Crippen molar-refractivity contribution < 1.29 is 4.79 Å². The monoisotopic (exact) mass is 428 g/mol. The Kier molecular flexibility index (Phi) is 8.08. The summed E-state index contributed by atoms with van der Waals surface area (Å²) in [6.07, 6.45) is 6.69. The SMILES string of the molecule is CCCCCN(CCCCC)C(=O)c1cc(-c2ccc(Cl)s2)nc2ccccc12. The van der Waals surface area contributed by atoms with E-state index in [0.29, 0.717) is 0 Å². The van der Waals surface area contributed by atoms with E-state index in [1.54, 1.807) is 0 Å². The lowest BCUT2D eigenvalue weighted by Crippen LogP contribution is -2.33. The third-order valence-corrected chi connectivity index (χ3v) is 6.38. The third kappa shape index (κ3) is 5.58. The number of carbonyl (C=O) groups is 1. The molecule has 0 fully saturated rings. The van der Waals surface area contributed by atoms with Crippen molar-refractivity contribution in [1.29, 1.82) is 0 Å². The van der Waals surface area contributed by atoms with E-state index < -0.39 is 0 Å². The molecule has 0 aliphatic carbocycles. The molecule has 0 saturated heterocycles. The Bertz CT molecular complexity index is 943. The second-order valence-electron chi connectivity index (χ2n) is 7.38. The molecule has 154 valence electrons. The molecule has 0 unspecified atom stereocenters. The van der Waals surface area contributed by atoms with Crippen molar-refractivity contribution >= 4 is 39.7 Å². The summed E-state index contributed by atoms with van der Waals surface area (Å²) in [4.78, 5) is 21.4. The van der Waals surface area contributed by atoms with Crippen LogP contribution in [0.25, 0.3) is 21.5 Å². The fraction of sp³-hybridized carbons (Fsp3) is 0.417. The van der Waals surface area contributed by atoms with Gasteiger partial charge in [-0.05, 0) is 37.1 Å². The Morgan fingerprint density at radius 2 is 1.69 bits per heavy atom. The molecule has 0 aliphatic rings. The van der Waals surface area contributed by atoms with Crippen LogP contribution in [0, 0.1) is 0 Å². The highest BCUT2D eigenvalue weighted by atomic mass is 35.5. The van der Waals surface area contributed by atoms with E-state index in [1.807, 2.05) is 47.4 Å². The molecule has 2 heterocycles. The largest absolute Gasteiger partial charge is 0.339 e. The van der Waals surface area contributed by atoms with Crippen LogP contribution in [-0.2, 0) is 0 Å². The third-order valence-electron chi connectivity index (χ3n) is 5.12. The molecule has 5 heteroatoms. The number of halogens is 1. The van der Waals surface area contributed by atoms with Crippen LogP contribution in [0.1, 0.15) is 62.7 Å². The van der Waals surface area contributed by atoms with Gasteiger partial charge < -0.3 is 4.90 Å². The average Bonchev–Trinajstić information content (AvgIpc) is 3.18. The zero-order valence-corrected chi connectivity index (χ0v) is 18.9. The summed E-state index contributed by atoms with van der Waals surface area (Å²) >= 11 is 7.63. The number of hydrogen-bond donors (Lipinski definition) is 0. The van der Waals surface area contributed by atoms with Gasteiger partial charge in [-0.15, -0.1) is 11.3 Å². The number of rotatable bonds is 10. The molecule has 1 amide bonds. The van der Waals surface area contributed by atoms with E-state index >= 15 is 0 Å². The molecule has 3 nitrogen and oxygen atoms in total. The van der Waals surface area contributed by atoms with E-state index in [9.17, 15) is 4.79 Å². The zero-order chi connectivity index (χ0) is 20.6. The molecule has 2 aromatic heterocycles. The van der Waals surface area contributed by atoms with Crippen LogP contribution in [-0.4, -0.2) is 28.9 Å². The maximum atomic E-state index is 13.6. The van der Waals surface area contributed by atoms with Crippen LogP contribution in [0.3, 0.4) is 0 Å². The first-order valence-electron chi connectivity index (χ1n) is 10.6. The fourth-order valence-electron chi connectivity index (χ4n) is 3.52. The highest BCUT2D eigenvalue weighted by Gasteiger charge is 2.20. The van der Waals surface area contributed by atoms with Crippen molar-refractivity contribution in [3.05, 3.63) is 52.4 Å². The second-order valence-corrected chi connectivity index (χ2v) is 9.10. The minimum absolute atomic E-state index is 0.111. The molecule has 0 radical (unpaired) electrons. The van der Waals surface area contributed by atoms with E-state index in [0.717, 1.165) is 83.0 Å². The lowest BCUT2D eigenvalue weighted by Gasteiger charge is -2.24. The minimum Gasteiger partial charge on any atom is -0.339 e. The number of amides is 1. The van der Waals surface area contributed by atoms with E-state index in [4.69, 9.17) is 16.6 Å². The molecule has 1 aromatic carbocycles. The number of pyridine rings is 1. The average molecular weight is 429 g/mol. The molecular formula is C24H29ClN2OS. The summed E-state index contributed by atoms with van der Waals surface area (Å²) in [5, 5.41) is 0.917. The number of aromatic nitrogens is 1. The topological polar surface area (TPSA) is 33.2 Å². The minimum atomic E-state index is 0.111. The molecular weight excluding hydrogens is 400 g/mol. The fourth-order valence-corrected chi connectivity index (χ4v) is 4.52. The summed E-state index contributed by atoms with van der Waals surface area (Å²) in [6, 6.07) is 13.7. The Hall–Kier alpha value is -1.91. The first-order chi connectivity index (χ1) is 14.1. The summed E-state index contributed by atoms with van der Waals surface area (Å²) in [6.45, 7) is 6.01. The molecule has 0 bridgehead atoms. The first kappa shape index (κ1) is 21.8. The van der Waals surface area contributed by atoms with E-state index in [1.165, 1.54) is 11.3 Å². The highest BCUT2D eigenvalue weighted by molar-refractivity contribution is 7.19. The summed E-state index contributed by atoms with van der Waals surface area (Å²) in [7, 11) is 0. The van der Waals surface area contributed by atoms with E-state index in [-0.39, 0.29) is 5.91 Å². The van der Waals surface area contributed by atoms with E-state index in [2.05, 4.69) is 13.8 Å². The van der Waals surface area contributed by atoms with Gasteiger partial charge in [0.15, 0.2) is 0 Å². The number of hydrogen-bond acceptors (Lipinski definition) is 3. The van der Waals surface area contributed by atoms with Crippen molar-refractivity contribution in [2.24, 2.45) is 0 Å². The molecule has 3 aromatic rings. The van der Waals surface area contributed by atoms with Crippen molar-refractivity contribution in [2.45, 2.75) is 52.4 Å². The highest BCUT2D eigenvalue weighted by Crippen LogP contribution is 2.32. The number of nitrogens with zero attached hydrogens (tertiary/aromatic N) is 2. The van der Waals surface area contributed by atoms with Gasteiger partial charge in [-0.1, -0.05) is 69.3 Å². The van der Waals surface area contributed by atoms with Crippen LogP contribution in [0.2, 0.25) is 4.34 Å². The van der Waals surface area contributed by atoms with Crippen molar-refractivity contribution in [3.63, 3.8) is 0 Å². The van der Waals surface area contributed by atoms with Gasteiger partial charge in [0.2, 0.25) is 0 Å². The number of benzene rings is 1. The summed E-state index contributed by atoms with van der Waals surface area (Å²) in [5.74, 6) is 0.111. The molecule has 0 spiro atoms. The van der Waals surface area contributed by atoms with Crippen molar-refractivity contribution in [3.8, 4) is 10.6 Å². The quantitative estimate of drug-likeness (QED) is 0.314. The lowest BCUT2D eigenvalue weighted by atomic mass is 10.0. The molecule has 0 aliphatic heterocycles. The van der Waals surface area contributed by atoms with Crippen LogP contribution in [0.5, 0.6) is 0 Å². The second kappa shape index (κ2) is 10.7. The number of thiophene rings is 1. The predicted molar refractivity (Wildman–Crippen MR) is 125 cm³/mol. The number of carbonyl (C=O) groups excluding carboxylic acids is 1. The van der Waals surface area contributed by atoms with Crippen LogP contribution in [0.4, 0.5) is 0 Å². The van der Waals surface area contributed by atoms with Crippen molar-refractivity contribution in [1.82, 2.24) is 9.88 Å². The standard InChI is InChI=1S/C24H29ClN2OS/c1-3-5-9-15-27(16-10-6-4-2)24(28)19-17-21(22-13-14-23(25)29-22)26-20-12-8-7-11-18(19)20/h7-8,11-14,17H,3-6,9-10,15-16H2,1-2H3. The Labute approximate surface area is 182 Å². The molecule has 0 saturated carbocycles. The summed E-state index contributed by atoms with van der Waals surface area (Å²) < 4.78 is 0.726. The normalized spacial score (nSPS) is 11.1. The maximum absolute atomic E-state index is 13.6. The number of para-hydroxylation sites is 1. The summed E-state index contributed by atoms with van der Waals surface area (Å²) in [5.41, 5.74) is 2.40. The van der Waals surface area contributed by atoms with Gasteiger partial charge in [0, 0.05) is 18.5 Å². The van der Waals surface area contributed by atoms with Crippen LogP contribution in [0.15, 0.2) is 42.5 Å². The maximum Gasteiger partial charge on any atom is 0.254 e. The van der Waals surface area contributed by atoms with Gasteiger partial charge in [-0.25, -0.2) is 4.98 Å². The number of unbranched alkanes of at least 4 members (excludes halogenated alkanes) is 4. The van der Waals surface area contributed by atoms with Crippen LogP contribution < -0.4 is 0 Å². The molecule has 0 atom stereocenters. The smallest absolute Gasteiger partial charge is 0.254 e. The van der Waals surface area contributed by atoms with Gasteiger partial charge in [0.05, 0.1) is 26.0 Å². The Balaban J connectivity index is 1.98. The zero-order valence-electron chi connectivity index (χ0n) is 17.3. The first-order valence-corrected chi connectivity index (χ1v) is 11.8. The van der Waals surface area contributed by atoms with Gasteiger partial charge >= 0.3 is 0 Å². The van der Waals surface area contributed by atoms with Gasteiger partial charge in [0.25, 0.3) is 5.91 Å². The Morgan fingerprint density at radius 1 is 1.00 bits per heavy atom. The van der Waals surface area contributed by atoms with Crippen LogP contribution >= 0.6 is 22.9 Å². The molecule has 0 N–H and O–H groups in total. The number of fused-ring (bicyclic) bond motifs is 1. The molecule has 3 rings (SSSR count). The molecule has 29 heavy (non-hydrogen) atoms. The predicted octanol–water partition coefficient (Wildman–Crippen LogP) is 7.44.